The highest BCUT2D eigenvalue weighted by Crippen LogP contribution is 2.25. The average molecular weight is 533 g/mol. The lowest BCUT2D eigenvalue weighted by molar-refractivity contribution is -0.117. The third-order valence-electron chi connectivity index (χ3n) is 5.97. The highest BCUT2D eigenvalue weighted by Gasteiger charge is 2.32. The SMILES string of the molecule is c1ccc(CC2(Cc3ccccc3)COCCOCCOCCOCCOCCOCCOCCO2)cc1. The summed E-state index contributed by atoms with van der Waals surface area (Å²) in [6, 6.07) is 20.8. The largest absolute Gasteiger partial charge is 0.377 e. The molecule has 8 heteroatoms. The second-order valence-electron chi connectivity index (χ2n) is 9.08. The van der Waals surface area contributed by atoms with Crippen LogP contribution in [0.4, 0.5) is 0 Å². The van der Waals surface area contributed by atoms with Crippen molar-refractivity contribution in [3.63, 3.8) is 0 Å². The van der Waals surface area contributed by atoms with E-state index in [4.69, 9.17) is 37.9 Å². The Morgan fingerprint density at radius 2 is 0.711 bits per heavy atom. The fourth-order valence-corrected chi connectivity index (χ4v) is 4.14. The first-order chi connectivity index (χ1) is 18.9. The molecule has 1 aliphatic rings. The van der Waals surface area contributed by atoms with Crippen LogP contribution in [0, 0.1) is 0 Å². The van der Waals surface area contributed by atoms with Gasteiger partial charge in [0.05, 0.1) is 105 Å². The van der Waals surface area contributed by atoms with Crippen LogP contribution in [0.1, 0.15) is 11.1 Å². The van der Waals surface area contributed by atoms with Crippen LogP contribution in [0.5, 0.6) is 0 Å². The molecule has 0 amide bonds. The zero-order valence-corrected chi connectivity index (χ0v) is 22.6. The molecule has 0 aliphatic carbocycles. The zero-order valence-electron chi connectivity index (χ0n) is 22.6. The maximum absolute atomic E-state index is 6.59. The summed E-state index contributed by atoms with van der Waals surface area (Å²) in [5.74, 6) is 0. The number of hydrogen-bond acceptors (Lipinski definition) is 8. The topological polar surface area (TPSA) is 73.8 Å². The lowest BCUT2D eigenvalue weighted by atomic mass is 9.88. The number of benzene rings is 2. The van der Waals surface area contributed by atoms with Crippen LogP contribution in [0.3, 0.4) is 0 Å². The van der Waals surface area contributed by atoms with Gasteiger partial charge in [0.2, 0.25) is 0 Å². The maximum atomic E-state index is 6.59. The maximum Gasteiger partial charge on any atom is 0.0996 e. The standard InChI is InChI=1S/C30H44O8/c1-3-7-28(8-4-1)25-30(26-29-9-5-2-6-10-29)27-37-22-21-35-18-17-33-14-13-31-11-12-32-15-16-34-19-20-36-23-24-38-30/h1-10H,11-27H2. The third-order valence-corrected chi connectivity index (χ3v) is 5.97. The Kier molecular flexibility index (Phi) is 16.2. The summed E-state index contributed by atoms with van der Waals surface area (Å²) in [6.07, 6.45) is 1.45. The molecule has 0 bridgehead atoms. The molecule has 1 heterocycles. The quantitative estimate of drug-likeness (QED) is 0.594. The van der Waals surface area contributed by atoms with E-state index in [1.165, 1.54) is 11.1 Å². The van der Waals surface area contributed by atoms with Gasteiger partial charge in [0.1, 0.15) is 0 Å². The van der Waals surface area contributed by atoms with Crippen LogP contribution in [-0.2, 0) is 50.7 Å². The summed E-state index contributed by atoms with van der Waals surface area (Å²) < 4.78 is 46.4. The van der Waals surface area contributed by atoms with Gasteiger partial charge in [-0.25, -0.2) is 0 Å². The molecule has 0 radical (unpaired) electrons. The van der Waals surface area contributed by atoms with Gasteiger partial charge in [0.15, 0.2) is 0 Å². The van der Waals surface area contributed by atoms with Crippen molar-refractivity contribution in [2.45, 2.75) is 18.4 Å². The van der Waals surface area contributed by atoms with Gasteiger partial charge >= 0.3 is 0 Å². The molecule has 8 nitrogen and oxygen atoms in total. The molecular formula is C30H44O8. The second-order valence-corrected chi connectivity index (χ2v) is 9.08. The van der Waals surface area contributed by atoms with Crippen molar-refractivity contribution < 1.29 is 37.9 Å². The first-order valence-corrected chi connectivity index (χ1v) is 13.6. The molecule has 0 aromatic heterocycles. The Morgan fingerprint density at radius 1 is 0.395 bits per heavy atom. The van der Waals surface area contributed by atoms with E-state index in [9.17, 15) is 0 Å². The Labute approximate surface area is 227 Å². The minimum absolute atomic E-state index is 0.442. The molecule has 2 aromatic carbocycles. The Bertz CT molecular complexity index is 737. The zero-order chi connectivity index (χ0) is 26.4. The van der Waals surface area contributed by atoms with E-state index in [1.807, 2.05) is 12.1 Å². The van der Waals surface area contributed by atoms with Gasteiger partial charge in [-0.2, -0.15) is 0 Å². The Morgan fingerprint density at radius 3 is 1.08 bits per heavy atom. The lowest BCUT2D eigenvalue weighted by Crippen LogP contribution is -2.44. The van der Waals surface area contributed by atoms with E-state index >= 15 is 0 Å². The van der Waals surface area contributed by atoms with Crippen molar-refractivity contribution in [3.05, 3.63) is 71.8 Å². The van der Waals surface area contributed by atoms with Gasteiger partial charge in [-0.05, 0) is 11.1 Å². The highest BCUT2D eigenvalue weighted by molar-refractivity contribution is 5.22. The van der Waals surface area contributed by atoms with E-state index in [1.54, 1.807) is 0 Å². The fourth-order valence-electron chi connectivity index (χ4n) is 4.14. The summed E-state index contributed by atoms with van der Waals surface area (Å²) in [5, 5.41) is 0. The smallest absolute Gasteiger partial charge is 0.0996 e. The molecule has 1 saturated heterocycles. The summed E-state index contributed by atoms with van der Waals surface area (Å²) in [5.41, 5.74) is 1.86. The van der Waals surface area contributed by atoms with Gasteiger partial charge in [0.25, 0.3) is 0 Å². The van der Waals surface area contributed by atoms with Crippen molar-refractivity contribution >= 4 is 0 Å². The molecule has 212 valence electrons. The molecule has 3 rings (SSSR count). The van der Waals surface area contributed by atoms with Gasteiger partial charge in [-0.15, -0.1) is 0 Å². The lowest BCUT2D eigenvalue weighted by Gasteiger charge is -2.34. The summed E-state index contributed by atoms with van der Waals surface area (Å²) in [6.45, 7) is 7.59. The fraction of sp³-hybridized carbons (Fsp3) is 0.600. The van der Waals surface area contributed by atoms with Gasteiger partial charge in [-0.1, -0.05) is 60.7 Å². The van der Waals surface area contributed by atoms with E-state index in [0.29, 0.717) is 99.1 Å². The van der Waals surface area contributed by atoms with Crippen molar-refractivity contribution in [2.75, 3.05) is 99.1 Å². The predicted octanol–water partition coefficient (Wildman–Crippen LogP) is 3.36. The van der Waals surface area contributed by atoms with E-state index < -0.39 is 5.60 Å². The first kappa shape index (κ1) is 30.7. The third kappa shape index (κ3) is 13.8. The van der Waals surface area contributed by atoms with Crippen molar-refractivity contribution in [1.82, 2.24) is 0 Å². The van der Waals surface area contributed by atoms with Gasteiger partial charge in [0, 0.05) is 12.8 Å². The Balaban J connectivity index is 1.59. The van der Waals surface area contributed by atoms with E-state index in [-0.39, 0.29) is 0 Å². The van der Waals surface area contributed by atoms with Crippen LogP contribution in [0.15, 0.2) is 60.7 Å². The monoisotopic (exact) mass is 532 g/mol. The number of rotatable bonds is 4. The molecule has 2 aromatic rings. The highest BCUT2D eigenvalue weighted by atomic mass is 16.6. The molecular weight excluding hydrogens is 488 g/mol. The van der Waals surface area contributed by atoms with Crippen molar-refractivity contribution in [1.29, 1.82) is 0 Å². The summed E-state index contributed by atoms with van der Waals surface area (Å²) in [7, 11) is 0. The number of ether oxygens (including phenoxy) is 8. The van der Waals surface area contributed by atoms with Crippen molar-refractivity contribution in [2.24, 2.45) is 0 Å². The Hall–Kier alpha value is -1.88. The van der Waals surface area contributed by atoms with E-state index in [0.717, 1.165) is 12.8 Å². The molecule has 1 fully saturated rings. The first-order valence-electron chi connectivity index (χ1n) is 13.6. The van der Waals surface area contributed by atoms with Gasteiger partial charge < -0.3 is 37.9 Å². The van der Waals surface area contributed by atoms with Crippen LogP contribution in [0.25, 0.3) is 0 Å². The molecule has 0 atom stereocenters. The molecule has 0 spiro atoms. The number of hydrogen-bond donors (Lipinski definition) is 0. The van der Waals surface area contributed by atoms with E-state index in [2.05, 4.69) is 48.5 Å². The minimum Gasteiger partial charge on any atom is -0.377 e. The van der Waals surface area contributed by atoms with Crippen LogP contribution >= 0.6 is 0 Å². The molecule has 38 heavy (non-hydrogen) atoms. The molecule has 0 saturated carbocycles. The molecule has 0 unspecified atom stereocenters. The van der Waals surface area contributed by atoms with Crippen LogP contribution in [-0.4, -0.2) is 105 Å². The minimum atomic E-state index is -0.545. The van der Waals surface area contributed by atoms with Crippen LogP contribution in [0.2, 0.25) is 0 Å². The molecule has 0 N–H and O–H groups in total. The van der Waals surface area contributed by atoms with Crippen molar-refractivity contribution in [3.8, 4) is 0 Å². The normalized spacial score (nSPS) is 20.7. The summed E-state index contributed by atoms with van der Waals surface area (Å²) >= 11 is 0. The second kappa shape index (κ2) is 20.1. The summed E-state index contributed by atoms with van der Waals surface area (Å²) in [4.78, 5) is 0. The van der Waals surface area contributed by atoms with Gasteiger partial charge in [-0.3, -0.25) is 0 Å². The predicted molar refractivity (Wildman–Crippen MR) is 145 cm³/mol. The molecule has 1 aliphatic heterocycles. The average Bonchev–Trinajstić information content (AvgIpc) is 2.94. The van der Waals surface area contributed by atoms with Crippen LogP contribution < -0.4 is 0 Å².